The highest BCUT2D eigenvalue weighted by Gasteiger charge is 2.18. The van der Waals surface area contributed by atoms with Crippen molar-refractivity contribution in [1.29, 1.82) is 0 Å². The second-order valence-electron chi connectivity index (χ2n) is 5.40. The first-order chi connectivity index (χ1) is 12.3. The molecule has 0 saturated heterocycles. The van der Waals surface area contributed by atoms with Crippen LogP contribution in [0.25, 0.3) is 22.8 Å². The summed E-state index contributed by atoms with van der Waals surface area (Å²) in [6.45, 7) is 1.99. The molecule has 1 N–H and O–H groups in total. The van der Waals surface area contributed by atoms with Gasteiger partial charge in [0.25, 0.3) is 0 Å². The van der Waals surface area contributed by atoms with Crippen LogP contribution in [0.3, 0.4) is 0 Å². The third-order valence-corrected chi connectivity index (χ3v) is 4.55. The van der Waals surface area contributed by atoms with Crippen molar-refractivity contribution < 1.29 is 4.42 Å². The van der Waals surface area contributed by atoms with Gasteiger partial charge in [-0.05, 0) is 19.1 Å². The molecule has 0 saturated carbocycles. The standard InChI is InChI=1S/C18H15N5OS/c1-12(16-21-22-17(24-16)14-10-6-3-7-11-14)25-18-19-15(20-23-18)13-8-4-2-5-9-13/h2-12H,1H3,(H,19,20,23)/t12-/m0/s1. The van der Waals surface area contributed by atoms with Gasteiger partial charge in [0, 0.05) is 11.1 Å². The number of rotatable bonds is 5. The second kappa shape index (κ2) is 6.90. The van der Waals surface area contributed by atoms with Crippen LogP contribution in [0.4, 0.5) is 0 Å². The van der Waals surface area contributed by atoms with E-state index in [9.17, 15) is 0 Å². The fraction of sp³-hybridized carbons (Fsp3) is 0.111. The molecular formula is C18H15N5OS. The average Bonchev–Trinajstić information content (AvgIpc) is 3.33. The predicted molar refractivity (Wildman–Crippen MR) is 95.8 cm³/mol. The van der Waals surface area contributed by atoms with Crippen LogP contribution in [0.1, 0.15) is 18.1 Å². The number of aromatic amines is 1. The molecule has 1 atom stereocenters. The third kappa shape index (κ3) is 3.46. The molecule has 4 rings (SSSR count). The van der Waals surface area contributed by atoms with Crippen LogP contribution in [0, 0.1) is 0 Å². The topological polar surface area (TPSA) is 80.5 Å². The summed E-state index contributed by atoms with van der Waals surface area (Å²) >= 11 is 1.47. The van der Waals surface area contributed by atoms with Gasteiger partial charge in [-0.2, -0.15) is 0 Å². The van der Waals surface area contributed by atoms with Gasteiger partial charge in [-0.1, -0.05) is 60.3 Å². The van der Waals surface area contributed by atoms with Gasteiger partial charge < -0.3 is 4.42 Å². The molecule has 0 amide bonds. The molecule has 0 radical (unpaired) electrons. The van der Waals surface area contributed by atoms with Gasteiger partial charge in [0.15, 0.2) is 5.82 Å². The normalized spacial score (nSPS) is 12.2. The van der Waals surface area contributed by atoms with E-state index in [1.54, 1.807) is 0 Å². The zero-order chi connectivity index (χ0) is 17.1. The summed E-state index contributed by atoms with van der Waals surface area (Å²) in [7, 11) is 0. The molecule has 2 aromatic carbocycles. The lowest BCUT2D eigenvalue weighted by atomic mass is 10.2. The van der Waals surface area contributed by atoms with Gasteiger partial charge in [0.05, 0.1) is 5.25 Å². The fourth-order valence-electron chi connectivity index (χ4n) is 2.33. The molecule has 0 aliphatic heterocycles. The molecule has 2 heterocycles. The Bertz CT molecular complexity index is 952. The fourth-order valence-corrected chi connectivity index (χ4v) is 3.08. The van der Waals surface area contributed by atoms with Crippen molar-refractivity contribution in [3.05, 3.63) is 66.6 Å². The number of hydrogen-bond donors (Lipinski definition) is 1. The summed E-state index contributed by atoms with van der Waals surface area (Å²) in [5, 5.41) is 16.1. The number of thioether (sulfide) groups is 1. The second-order valence-corrected chi connectivity index (χ2v) is 6.71. The van der Waals surface area contributed by atoms with Crippen molar-refractivity contribution in [2.24, 2.45) is 0 Å². The van der Waals surface area contributed by atoms with E-state index in [4.69, 9.17) is 4.42 Å². The Hall–Kier alpha value is -2.93. The van der Waals surface area contributed by atoms with Gasteiger partial charge in [-0.15, -0.1) is 15.3 Å². The maximum absolute atomic E-state index is 5.79. The molecule has 0 spiro atoms. The van der Waals surface area contributed by atoms with Gasteiger partial charge >= 0.3 is 0 Å². The number of nitrogens with one attached hydrogen (secondary N) is 1. The van der Waals surface area contributed by atoms with E-state index in [0.717, 1.165) is 17.0 Å². The Balaban J connectivity index is 1.49. The van der Waals surface area contributed by atoms with Crippen LogP contribution in [0.5, 0.6) is 0 Å². The predicted octanol–water partition coefficient (Wildman–Crippen LogP) is 4.38. The maximum atomic E-state index is 5.79. The molecule has 6 nitrogen and oxygen atoms in total. The first-order valence-corrected chi connectivity index (χ1v) is 8.71. The van der Waals surface area contributed by atoms with E-state index in [1.807, 2.05) is 67.6 Å². The average molecular weight is 349 g/mol. The van der Waals surface area contributed by atoms with Crippen molar-refractivity contribution >= 4 is 11.8 Å². The number of benzene rings is 2. The molecule has 0 fully saturated rings. The van der Waals surface area contributed by atoms with Gasteiger partial charge in [0.1, 0.15) is 0 Å². The minimum absolute atomic E-state index is 0.0515. The minimum atomic E-state index is -0.0515. The Morgan fingerprint density at radius 3 is 2.32 bits per heavy atom. The third-order valence-electron chi connectivity index (χ3n) is 3.60. The zero-order valence-electron chi connectivity index (χ0n) is 13.5. The van der Waals surface area contributed by atoms with E-state index in [0.29, 0.717) is 16.9 Å². The van der Waals surface area contributed by atoms with Gasteiger partial charge in [-0.25, -0.2) is 4.98 Å². The Kier molecular flexibility index (Phi) is 4.30. The summed E-state index contributed by atoms with van der Waals surface area (Å²) in [5.74, 6) is 1.81. The minimum Gasteiger partial charge on any atom is -0.419 e. The highest BCUT2D eigenvalue weighted by Crippen LogP contribution is 2.33. The number of hydrogen-bond acceptors (Lipinski definition) is 6. The van der Waals surface area contributed by atoms with Crippen LogP contribution in [0.2, 0.25) is 0 Å². The Morgan fingerprint density at radius 1 is 0.920 bits per heavy atom. The molecule has 0 aliphatic rings. The maximum Gasteiger partial charge on any atom is 0.247 e. The molecule has 0 bridgehead atoms. The van der Waals surface area contributed by atoms with E-state index >= 15 is 0 Å². The van der Waals surface area contributed by atoms with E-state index in [1.165, 1.54) is 11.8 Å². The summed E-state index contributed by atoms with van der Waals surface area (Å²) in [5.41, 5.74) is 1.90. The molecular weight excluding hydrogens is 334 g/mol. The van der Waals surface area contributed by atoms with Crippen LogP contribution in [0.15, 0.2) is 70.2 Å². The first kappa shape index (κ1) is 15.6. The Labute approximate surface area is 148 Å². The molecule has 0 unspecified atom stereocenters. The van der Waals surface area contributed by atoms with Crippen molar-refractivity contribution in [3.8, 4) is 22.8 Å². The molecule has 7 heteroatoms. The summed E-state index contributed by atoms with van der Waals surface area (Å²) < 4.78 is 5.79. The smallest absolute Gasteiger partial charge is 0.247 e. The SMILES string of the molecule is C[C@H](Sc1n[nH]c(-c2ccccc2)n1)c1nnc(-c2ccccc2)o1. The van der Waals surface area contributed by atoms with E-state index in [2.05, 4.69) is 25.4 Å². The molecule has 124 valence electrons. The van der Waals surface area contributed by atoms with Gasteiger partial charge in [0.2, 0.25) is 16.9 Å². The lowest BCUT2D eigenvalue weighted by Crippen LogP contribution is -1.89. The lowest BCUT2D eigenvalue weighted by molar-refractivity contribution is 0.509. The molecule has 4 aromatic rings. The molecule has 0 aliphatic carbocycles. The zero-order valence-corrected chi connectivity index (χ0v) is 14.3. The number of aromatic nitrogens is 5. The van der Waals surface area contributed by atoms with Crippen molar-refractivity contribution in [2.75, 3.05) is 0 Å². The quantitative estimate of drug-likeness (QED) is 0.539. The van der Waals surface area contributed by atoms with E-state index in [-0.39, 0.29) is 5.25 Å². The monoisotopic (exact) mass is 349 g/mol. The number of H-pyrrole nitrogens is 1. The lowest BCUT2D eigenvalue weighted by Gasteiger charge is -2.02. The van der Waals surface area contributed by atoms with Crippen LogP contribution in [-0.2, 0) is 0 Å². The summed E-state index contributed by atoms with van der Waals surface area (Å²) in [4.78, 5) is 4.52. The van der Waals surface area contributed by atoms with Crippen molar-refractivity contribution in [2.45, 2.75) is 17.3 Å². The summed E-state index contributed by atoms with van der Waals surface area (Å²) in [6, 6.07) is 19.6. The molecule has 25 heavy (non-hydrogen) atoms. The van der Waals surface area contributed by atoms with Crippen LogP contribution >= 0.6 is 11.8 Å². The number of nitrogens with zero attached hydrogens (tertiary/aromatic N) is 4. The summed E-state index contributed by atoms with van der Waals surface area (Å²) in [6.07, 6.45) is 0. The van der Waals surface area contributed by atoms with Gasteiger partial charge in [-0.3, -0.25) is 5.10 Å². The Morgan fingerprint density at radius 2 is 1.60 bits per heavy atom. The van der Waals surface area contributed by atoms with Crippen molar-refractivity contribution in [1.82, 2.24) is 25.4 Å². The largest absolute Gasteiger partial charge is 0.419 e. The highest BCUT2D eigenvalue weighted by atomic mass is 32.2. The first-order valence-electron chi connectivity index (χ1n) is 7.83. The van der Waals surface area contributed by atoms with Crippen LogP contribution in [-0.4, -0.2) is 25.4 Å². The van der Waals surface area contributed by atoms with Crippen molar-refractivity contribution in [3.63, 3.8) is 0 Å². The van der Waals surface area contributed by atoms with E-state index < -0.39 is 0 Å². The molecule has 2 aromatic heterocycles. The highest BCUT2D eigenvalue weighted by molar-refractivity contribution is 7.99. The van der Waals surface area contributed by atoms with Crippen LogP contribution < -0.4 is 0 Å².